The van der Waals surface area contributed by atoms with Gasteiger partial charge in [-0.15, -0.1) is 0 Å². The molecule has 0 atom stereocenters. The van der Waals surface area contributed by atoms with Crippen molar-refractivity contribution in [2.24, 2.45) is 0 Å². The Balaban J connectivity index is 1.71. The van der Waals surface area contributed by atoms with Gasteiger partial charge in [-0.05, 0) is 33.3 Å². The summed E-state index contributed by atoms with van der Waals surface area (Å²) in [5.41, 5.74) is 2.73. The molecule has 0 aliphatic rings. The lowest BCUT2D eigenvalue weighted by Crippen LogP contribution is -2.10. The van der Waals surface area contributed by atoms with Gasteiger partial charge in [0.05, 0.1) is 17.9 Å². The van der Waals surface area contributed by atoms with Crippen LogP contribution in [0.1, 0.15) is 46.5 Å². The van der Waals surface area contributed by atoms with Gasteiger partial charge in [0.25, 0.3) is 0 Å². The largest absolute Gasteiger partial charge is 0.461 e. The predicted octanol–water partition coefficient (Wildman–Crippen LogP) is 3.89. The number of hydrogen-bond donors (Lipinski definition) is 0. The first-order valence-electron chi connectivity index (χ1n) is 8.76. The molecule has 7 heteroatoms. The molecule has 7 nitrogen and oxygen atoms in total. The van der Waals surface area contributed by atoms with Crippen molar-refractivity contribution in [2.45, 2.75) is 40.2 Å². The smallest absolute Gasteiger partial charge is 0.374 e. The highest BCUT2D eigenvalue weighted by Crippen LogP contribution is 2.27. The van der Waals surface area contributed by atoms with E-state index < -0.39 is 5.97 Å². The number of nitrogens with zero attached hydrogens (tertiary/aromatic N) is 1. The summed E-state index contributed by atoms with van der Waals surface area (Å²) in [6.45, 7) is 5.53. The van der Waals surface area contributed by atoms with Crippen molar-refractivity contribution in [3.05, 3.63) is 52.6 Å². The number of carbonyl (C=O) groups excluding carboxylic acids is 2. The molecule has 0 fully saturated rings. The fourth-order valence-electron chi connectivity index (χ4n) is 2.91. The number of furan rings is 1. The third-order valence-electron chi connectivity index (χ3n) is 4.30. The minimum Gasteiger partial charge on any atom is -0.461 e. The average molecular weight is 371 g/mol. The molecule has 3 aromatic rings. The zero-order valence-electron chi connectivity index (χ0n) is 15.5. The van der Waals surface area contributed by atoms with Crippen molar-refractivity contribution >= 4 is 22.9 Å². The minimum absolute atomic E-state index is 0.0639. The van der Waals surface area contributed by atoms with Crippen LogP contribution >= 0.6 is 0 Å². The van der Waals surface area contributed by atoms with Gasteiger partial charge >= 0.3 is 11.9 Å². The van der Waals surface area contributed by atoms with Crippen LogP contribution in [0, 0.1) is 13.8 Å². The normalized spacial score (nSPS) is 10.9. The maximum Gasteiger partial charge on any atom is 0.374 e. The molecule has 0 saturated heterocycles. The van der Waals surface area contributed by atoms with Gasteiger partial charge in [0.2, 0.25) is 5.76 Å². The van der Waals surface area contributed by atoms with Crippen LogP contribution in [-0.4, -0.2) is 23.7 Å². The zero-order valence-corrected chi connectivity index (χ0v) is 15.5. The fraction of sp³-hybridized carbons (Fsp3) is 0.350. The first kappa shape index (κ1) is 18.7. The molecule has 0 bridgehead atoms. The summed E-state index contributed by atoms with van der Waals surface area (Å²) < 4.78 is 21.1. The van der Waals surface area contributed by atoms with Gasteiger partial charge in [0.1, 0.15) is 18.0 Å². The molecule has 0 N–H and O–H groups in total. The molecule has 0 amide bonds. The van der Waals surface area contributed by atoms with E-state index in [1.807, 2.05) is 26.0 Å². The number of rotatable bonds is 7. The van der Waals surface area contributed by atoms with Crippen LogP contribution in [0.5, 0.6) is 0 Å². The monoisotopic (exact) mass is 371 g/mol. The summed E-state index contributed by atoms with van der Waals surface area (Å²) in [5.74, 6) is -0.187. The van der Waals surface area contributed by atoms with Crippen LogP contribution in [0.15, 0.2) is 33.2 Å². The third kappa shape index (κ3) is 4.02. The number of benzene rings is 1. The topological polar surface area (TPSA) is 91.8 Å². The Hall–Kier alpha value is -3.09. The highest BCUT2D eigenvalue weighted by atomic mass is 16.5. The molecule has 0 unspecified atom stereocenters. The minimum atomic E-state index is -0.574. The molecule has 3 rings (SSSR count). The Morgan fingerprint density at radius 2 is 1.89 bits per heavy atom. The van der Waals surface area contributed by atoms with E-state index in [2.05, 4.69) is 5.16 Å². The highest BCUT2D eigenvalue weighted by Gasteiger charge is 2.22. The van der Waals surface area contributed by atoms with Gasteiger partial charge in [0, 0.05) is 17.4 Å². The predicted molar refractivity (Wildman–Crippen MR) is 96.3 cm³/mol. The molecule has 0 spiro atoms. The quantitative estimate of drug-likeness (QED) is 0.582. The van der Waals surface area contributed by atoms with Crippen LogP contribution in [0.4, 0.5) is 0 Å². The molecule has 0 saturated carbocycles. The molecule has 0 aliphatic heterocycles. The van der Waals surface area contributed by atoms with Crippen molar-refractivity contribution in [3.8, 4) is 0 Å². The Bertz CT molecular complexity index is 949. The van der Waals surface area contributed by atoms with Gasteiger partial charge in [-0.2, -0.15) is 0 Å². The second-order valence-corrected chi connectivity index (χ2v) is 6.09. The Kier molecular flexibility index (Phi) is 5.59. The Morgan fingerprint density at radius 1 is 1.11 bits per heavy atom. The van der Waals surface area contributed by atoms with E-state index in [-0.39, 0.29) is 31.4 Å². The third-order valence-corrected chi connectivity index (χ3v) is 4.30. The summed E-state index contributed by atoms with van der Waals surface area (Å²) in [6, 6.07) is 7.20. The molecular formula is C20H21NO6. The van der Waals surface area contributed by atoms with Crippen LogP contribution in [0.25, 0.3) is 11.0 Å². The number of fused-ring (bicyclic) bond motifs is 1. The molecule has 2 aromatic heterocycles. The first-order valence-corrected chi connectivity index (χ1v) is 8.76. The summed E-state index contributed by atoms with van der Waals surface area (Å²) in [6.07, 6.45) is 0.671. The zero-order chi connectivity index (χ0) is 19.4. The van der Waals surface area contributed by atoms with Crippen molar-refractivity contribution in [1.29, 1.82) is 0 Å². The van der Waals surface area contributed by atoms with Gasteiger partial charge in [-0.25, -0.2) is 4.79 Å². The van der Waals surface area contributed by atoms with Crippen molar-refractivity contribution in [2.75, 3.05) is 6.61 Å². The second kappa shape index (κ2) is 8.07. The van der Waals surface area contributed by atoms with E-state index in [0.29, 0.717) is 23.3 Å². The molecular weight excluding hydrogens is 350 g/mol. The number of esters is 2. The molecule has 142 valence electrons. The Morgan fingerprint density at radius 3 is 2.59 bits per heavy atom. The van der Waals surface area contributed by atoms with Crippen molar-refractivity contribution in [1.82, 2.24) is 5.16 Å². The van der Waals surface area contributed by atoms with E-state index in [4.69, 9.17) is 18.4 Å². The molecule has 27 heavy (non-hydrogen) atoms. The molecule has 1 aromatic carbocycles. The van der Waals surface area contributed by atoms with E-state index in [1.165, 1.54) is 0 Å². The van der Waals surface area contributed by atoms with E-state index in [1.54, 1.807) is 19.1 Å². The molecule has 0 radical (unpaired) electrons. The van der Waals surface area contributed by atoms with Crippen LogP contribution in [0.3, 0.4) is 0 Å². The van der Waals surface area contributed by atoms with Gasteiger partial charge < -0.3 is 18.4 Å². The number of aryl methyl sites for hydroxylation is 2. The van der Waals surface area contributed by atoms with E-state index in [9.17, 15) is 9.59 Å². The lowest BCUT2D eigenvalue weighted by atomic mass is 10.1. The lowest BCUT2D eigenvalue weighted by Gasteiger charge is -2.06. The van der Waals surface area contributed by atoms with E-state index in [0.717, 1.165) is 16.6 Å². The number of aromatic nitrogens is 1. The summed E-state index contributed by atoms with van der Waals surface area (Å²) >= 11 is 0. The number of carbonyl (C=O) groups is 2. The van der Waals surface area contributed by atoms with Gasteiger partial charge in [-0.1, -0.05) is 23.4 Å². The highest BCUT2D eigenvalue weighted by molar-refractivity contribution is 5.96. The number of hydrogen-bond acceptors (Lipinski definition) is 7. The molecule has 2 heterocycles. The lowest BCUT2D eigenvalue weighted by molar-refractivity contribution is -0.144. The first-order chi connectivity index (χ1) is 13.0. The second-order valence-electron chi connectivity index (χ2n) is 6.09. The van der Waals surface area contributed by atoms with E-state index >= 15 is 0 Å². The average Bonchev–Trinajstić information content (AvgIpc) is 3.18. The van der Waals surface area contributed by atoms with Crippen LogP contribution in [0.2, 0.25) is 0 Å². The number of para-hydroxylation sites is 1. The maximum atomic E-state index is 12.2. The standard InChI is InChI=1S/C20H21NO6/c1-4-24-20(23)19-16(15-7-5-6-8-17(15)26-19)11-25-18(22)10-9-14-12(2)21-27-13(14)3/h5-8H,4,9-11H2,1-3H3. The summed E-state index contributed by atoms with van der Waals surface area (Å²) in [4.78, 5) is 24.3. The molecule has 0 aliphatic carbocycles. The summed E-state index contributed by atoms with van der Waals surface area (Å²) in [5, 5.41) is 4.59. The fourth-order valence-corrected chi connectivity index (χ4v) is 2.91. The van der Waals surface area contributed by atoms with Gasteiger partial charge in [-0.3, -0.25) is 4.79 Å². The summed E-state index contributed by atoms with van der Waals surface area (Å²) in [7, 11) is 0. The SMILES string of the molecule is CCOC(=O)c1oc2ccccc2c1COC(=O)CCc1c(C)noc1C. The van der Waals surface area contributed by atoms with Crippen molar-refractivity contribution in [3.63, 3.8) is 0 Å². The van der Waals surface area contributed by atoms with Gasteiger partial charge in [0.15, 0.2) is 0 Å². The Labute approximate surface area is 156 Å². The number of ether oxygens (including phenoxy) is 2. The van der Waals surface area contributed by atoms with Crippen molar-refractivity contribution < 1.29 is 28.0 Å². The van der Waals surface area contributed by atoms with Crippen LogP contribution < -0.4 is 0 Å². The van der Waals surface area contributed by atoms with Crippen LogP contribution in [-0.2, 0) is 27.3 Å². The maximum absolute atomic E-state index is 12.2.